The van der Waals surface area contributed by atoms with Crippen molar-refractivity contribution < 1.29 is 24.5 Å². The van der Waals surface area contributed by atoms with Crippen molar-refractivity contribution in [3.63, 3.8) is 0 Å². The standard InChI is InChI=1S/C17H13BrI3NO5/c18-7-15(24)22-13(17(25)26)5-8-3-11(20)16(12(21)4-8)27-9-1-2-14(23)10(19)6-9/h1-4,6,13,23H,5,7H2,(H,22,24)(H,25,26)/t13-/m1/s1. The van der Waals surface area contributed by atoms with E-state index in [0.717, 1.165) is 12.7 Å². The molecule has 3 N–H and O–H groups in total. The summed E-state index contributed by atoms with van der Waals surface area (Å²) in [6.07, 6.45) is 0.164. The van der Waals surface area contributed by atoms with E-state index in [-0.39, 0.29) is 23.4 Å². The number of ether oxygens (including phenoxy) is 1. The van der Waals surface area contributed by atoms with Crippen LogP contribution >= 0.6 is 83.7 Å². The topological polar surface area (TPSA) is 95.9 Å². The number of hydrogen-bond donors (Lipinski definition) is 3. The Bertz CT molecular complexity index is 855. The van der Waals surface area contributed by atoms with Crippen molar-refractivity contribution in [3.8, 4) is 17.2 Å². The molecule has 6 nitrogen and oxygen atoms in total. The molecule has 10 heteroatoms. The molecule has 0 aliphatic carbocycles. The molecule has 27 heavy (non-hydrogen) atoms. The van der Waals surface area contributed by atoms with Gasteiger partial charge >= 0.3 is 5.97 Å². The van der Waals surface area contributed by atoms with Crippen LogP contribution in [0.5, 0.6) is 17.2 Å². The number of halogens is 4. The molecule has 0 radical (unpaired) electrons. The van der Waals surface area contributed by atoms with E-state index in [9.17, 15) is 19.8 Å². The largest absolute Gasteiger partial charge is 0.507 e. The van der Waals surface area contributed by atoms with Gasteiger partial charge in [-0.2, -0.15) is 0 Å². The number of rotatable bonds is 7. The number of carboxylic acids is 1. The van der Waals surface area contributed by atoms with E-state index in [1.54, 1.807) is 18.2 Å². The van der Waals surface area contributed by atoms with Crippen molar-refractivity contribution in [1.29, 1.82) is 0 Å². The van der Waals surface area contributed by atoms with Crippen LogP contribution in [0.15, 0.2) is 30.3 Å². The highest BCUT2D eigenvalue weighted by Crippen LogP contribution is 2.35. The molecule has 0 aromatic heterocycles. The van der Waals surface area contributed by atoms with Crippen LogP contribution in [0.4, 0.5) is 0 Å². The minimum absolute atomic E-state index is 0.0457. The number of hydrogen-bond acceptors (Lipinski definition) is 4. The van der Waals surface area contributed by atoms with Gasteiger partial charge in [-0.1, -0.05) is 15.9 Å². The number of phenolic OH excluding ortho intramolecular Hbond substituents is 1. The molecule has 0 saturated heterocycles. The van der Waals surface area contributed by atoms with Crippen LogP contribution in [0.1, 0.15) is 5.56 Å². The lowest BCUT2D eigenvalue weighted by atomic mass is 10.1. The van der Waals surface area contributed by atoms with Crippen molar-refractivity contribution >= 4 is 95.6 Å². The third kappa shape index (κ3) is 6.59. The zero-order valence-corrected chi connectivity index (χ0v) is 21.6. The Morgan fingerprint density at radius 2 is 1.74 bits per heavy atom. The summed E-state index contributed by atoms with van der Waals surface area (Å²) in [5.74, 6) is -0.0403. The molecule has 0 fully saturated rings. The van der Waals surface area contributed by atoms with Crippen LogP contribution < -0.4 is 10.1 Å². The van der Waals surface area contributed by atoms with E-state index in [4.69, 9.17) is 4.74 Å². The zero-order valence-electron chi connectivity index (χ0n) is 13.5. The number of nitrogens with one attached hydrogen (secondary N) is 1. The van der Waals surface area contributed by atoms with Gasteiger partial charge in [0.15, 0.2) is 5.75 Å². The van der Waals surface area contributed by atoms with E-state index in [2.05, 4.69) is 66.4 Å². The van der Waals surface area contributed by atoms with Gasteiger partial charge in [-0.05, 0) is 104 Å². The second kappa shape index (κ2) is 10.4. The van der Waals surface area contributed by atoms with Gasteiger partial charge in [0, 0.05) is 6.42 Å². The summed E-state index contributed by atoms with van der Waals surface area (Å²) in [6.45, 7) is 0. The first kappa shape index (κ1) is 22.9. The number of carbonyl (C=O) groups is 2. The highest BCUT2D eigenvalue weighted by atomic mass is 127. The summed E-state index contributed by atoms with van der Waals surface area (Å²) in [4.78, 5) is 22.9. The van der Waals surface area contributed by atoms with Gasteiger partial charge in [0.1, 0.15) is 17.5 Å². The van der Waals surface area contributed by atoms with Crippen LogP contribution in [-0.4, -0.2) is 33.5 Å². The molecule has 144 valence electrons. The van der Waals surface area contributed by atoms with Crippen LogP contribution in [0.3, 0.4) is 0 Å². The quantitative estimate of drug-likeness (QED) is 0.285. The molecule has 0 bridgehead atoms. The molecule has 1 amide bonds. The fourth-order valence-electron chi connectivity index (χ4n) is 2.17. The number of aromatic hydroxyl groups is 1. The fraction of sp³-hybridized carbons (Fsp3) is 0.176. The lowest BCUT2D eigenvalue weighted by Gasteiger charge is -2.16. The number of phenols is 1. The smallest absolute Gasteiger partial charge is 0.326 e. The van der Waals surface area contributed by atoms with E-state index in [1.165, 1.54) is 0 Å². The molecule has 0 unspecified atom stereocenters. The second-order valence-corrected chi connectivity index (χ2v) is 9.45. The molecule has 0 aliphatic heterocycles. The summed E-state index contributed by atoms with van der Waals surface area (Å²) in [6, 6.07) is 7.63. The number of amides is 1. The van der Waals surface area contributed by atoms with Gasteiger partial charge in [0.2, 0.25) is 5.91 Å². The monoisotopic (exact) mass is 771 g/mol. The van der Waals surface area contributed by atoms with Gasteiger partial charge in [0.05, 0.1) is 16.0 Å². The average molecular weight is 772 g/mol. The Kier molecular flexibility index (Phi) is 8.86. The van der Waals surface area contributed by atoms with Gasteiger partial charge in [-0.25, -0.2) is 4.79 Å². The summed E-state index contributed by atoms with van der Waals surface area (Å²) in [7, 11) is 0. The van der Waals surface area contributed by atoms with Crippen LogP contribution in [0.2, 0.25) is 0 Å². The first-order valence-electron chi connectivity index (χ1n) is 7.43. The van der Waals surface area contributed by atoms with Gasteiger partial charge < -0.3 is 20.3 Å². The highest BCUT2D eigenvalue weighted by molar-refractivity contribution is 14.1. The number of benzene rings is 2. The molecule has 0 saturated carbocycles. The molecule has 0 aliphatic rings. The summed E-state index contributed by atoms with van der Waals surface area (Å²) >= 11 is 9.29. The van der Waals surface area contributed by atoms with Crippen molar-refractivity contribution in [1.82, 2.24) is 5.32 Å². The maximum Gasteiger partial charge on any atom is 0.326 e. The van der Waals surface area contributed by atoms with Crippen molar-refractivity contribution in [2.24, 2.45) is 0 Å². The lowest BCUT2D eigenvalue weighted by molar-refractivity contribution is -0.141. The second-order valence-electron chi connectivity index (χ2n) is 5.40. The first-order chi connectivity index (χ1) is 12.7. The van der Waals surface area contributed by atoms with Crippen LogP contribution in [-0.2, 0) is 16.0 Å². The Morgan fingerprint density at radius 3 is 2.26 bits per heavy atom. The number of aliphatic carboxylic acids is 1. The third-order valence-corrected chi connectivity index (χ3v) is 6.37. The lowest BCUT2D eigenvalue weighted by Crippen LogP contribution is -2.42. The minimum atomic E-state index is -1.09. The predicted molar refractivity (Wildman–Crippen MR) is 130 cm³/mol. The number of carbonyl (C=O) groups excluding carboxylic acids is 1. The van der Waals surface area contributed by atoms with Crippen LogP contribution in [0.25, 0.3) is 0 Å². The third-order valence-electron chi connectivity index (χ3n) is 3.39. The number of carboxylic acid groups (broad SMARTS) is 1. The molecule has 2 aromatic carbocycles. The molecule has 0 heterocycles. The number of alkyl halides is 1. The molecule has 2 aromatic rings. The average Bonchev–Trinajstić information content (AvgIpc) is 2.60. The highest BCUT2D eigenvalue weighted by Gasteiger charge is 2.21. The molecule has 0 spiro atoms. The molecular formula is C17H13BrI3NO5. The van der Waals surface area contributed by atoms with Crippen molar-refractivity contribution in [3.05, 3.63) is 46.6 Å². The normalized spacial score (nSPS) is 11.7. The van der Waals surface area contributed by atoms with Gasteiger partial charge in [-0.15, -0.1) is 0 Å². The Labute approximate surface area is 205 Å². The van der Waals surface area contributed by atoms with Crippen LogP contribution in [0, 0.1) is 10.7 Å². The first-order valence-corrected chi connectivity index (χ1v) is 11.8. The van der Waals surface area contributed by atoms with Crippen molar-refractivity contribution in [2.45, 2.75) is 12.5 Å². The summed E-state index contributed by atoms with van der Waals surface area (Å²) in [5, 5.41) is 21.5. The maximum absolute atomic E-state index is 11.5. The SMILES string of the molecule is O=C(CBr)N[C@H](Cc1cc(I)c(Oc2ccc(O)c(I)c2)c(I)c1)C(=O)O. The van der Waals surface area contributed by atoms with E-state index >= 15 is 0 Å². The summed E-state index contributed by atoms with van der Waals surface area (Å²) in [5.41, 5.74) is 0.777. The summed E-state index contributed by atoms with van der Waals surface area (Å²) < 4.78 is 8.25. The van der Waals surface area contributed by atoms with E-state index in [1.807, 2.05) is 34.7 Å². The molecule has 1 atom stereocenters. The fourth-order valence-corrected chi connectivity index (χ4v) is 4.93. The van der Waals surface area contributed by atoms with Crippen molar-refractivity contribution in [2.75, 3.05) is 5.33 Å². The maximum atomic E-state index is 11.5. The Morgan fingerprint density at radius 1 is 1.11 bits per heavy atom. The van der Waals surface area contributed by atoms with Gasteiger partial charge in [-0.3, -0.25) is 4.79 Å². The minimum Gasteiger partial charge on any atom is -0.507 e. The molecular weight excluding hydrogens is 759 g/mol. The Hall–Kier alpha value is -0.350. The van der Waals surface area contributed by atoms with E-state index < -0.39 is 12.0 Å². The Balaban J connectivity index is 2.23. The molecule has 2 rings (SSSR count). The zero-order chi connectivity index (χ0) is 20.1. The van der Waals surface area contributed by atoms with E-state index in [0.29, 0.717) is 15.1 Å². The predicted octanol–water partition coefficient (Wildman–Crippen LogP) is 4.51. The van der Waals surface area contributed by atoms with Gasteiger partial charge in [0.25, 0.3) is 0 Å².